The minimum atomic E-state index is -0.372. The number of fused-ring (bicyclic) bond motifs is 1. The third-order valence-corrected chi connectivity index (χ3v) is 2.56. The highest BCUT2D eigenvalue weighted by Crippen LogP contribution is 2.23. The first kappa shape index (κ1) is 11.7. The van der Waals surface area contributed by atoms with Crippen molar-refractivity contribution in [2.24, 2.45) is 5.92 Å². The van der Waals surface area contributed by atoms with E-state index in [1.165, 1.54) is 6.07 Å². The lowest BCUT2D eigenvalue weighted by molar-refractivity contribution is 0.290. The molecule has 0 saturated carbocycles. The normalized spacial score (nSPS) is 11.0. The smallest absolute Gasteiger partial charge is 0.339 e. The molecule has 0 N–H and O–H groups in total. The molecule has 2 rings (SSSR count). The van der Waals surface area contributed by atoms with E-state index in [9.17, 15) is 4.79 Å². The summed E-state index contributed by atoms with van der Waals surface area (Å²) in [4.78, 5) is 11.4. The summed E-state index contributed by atoms with van der Waals surface area (Å²) in [6, 6.07) is 8.80. The van der Waals surface area contributed by atoms with E-state index >= 15 is 0 Å². The maximum Gasteiger partial charge on any atom is 0.339 e. The molecule has 0 amide bonds. The van der Waals surface area contributed by atoms with Crippen LogP contribution in [0, 0.1) is 5.92 Å². The SMILES string of the molecule is CC(C)CCOc1cc(=O)oc2ccccc12. The van der Waals surface area contributed by atoms with Gasteiger partial charge in [0.2, 0.25) is 0 Å². The summed E-state index contributed by atoms with van der Waals surface area (Å²) in [7, 11) is 0. The summed E-state index contributed by atoms with van der Waals surface area (Å²) in [5.41, 5.74) is 0.197. The van der Waals surface area contributed by atoms with Crippen LogP contribution < -0.4 is 10.4 Å². The van der Waals surface area contributed by atoms with E-state index in [4.69, 9.17) is 9.15 Å². The average Bonchev–Trinajstić information content (AvgIpc) is 2.28. The molecule has 0 atom stereocenters. The first-order valence-electron chi connectivity index (χ1n) is 5.82. The average molecular weight is 232 g/mol. The van der Waals surface area contributed by atoms with Gasteiger partial charge >= 0.3 is 5.63 Å². The maximum absolute atomic E-state index is 11.4. The molecular weight excluding hydrogens is 216 g/mol. The lowest BCUT2D eigenvalue weighted by atomic mass is 10.1. The Morgan fingerprint density at radius 3 is 2.82 bits per heavy atom. The minimum Gasteiger partial charge on any atom is -0.493 e. The van der Waals surface area contributed by atoms with Crippen molar-refractivity contribution < 1.29 is 9.15 Å². The van der Waals surface area contributed by atoms with Crippen molar-refractivity contribution in [3.8, 4) is 5.75 Å². The number of hydrogen-bond acceptors (Lipinski definition) is 3. The third-order valence-electron chi connectivity index (χ3n) is 2.56. The lowest BCUT2D eigenvalue weighted by Gasteiger charge is -2.09. The summed E-state index contributed by atoms with van der Waals surface area (Å²) in [6.07, 6.45) is 0.967. The fourth-order valence-electron chi connectivity index (χ4n) is 1.61. The Labute approximate surface area is 100 Å². The molecule has 3 nitrogen and oxygen atoms in total. The molecule has 0 unspecified atom stereocenters. The highest BCUT2D eigenvalue weighted by molar-refractivity contribution is 5.82. The second kappa shape index (κ2) is 5.04. The minimum absolute atomic E-state index is 0.372. The van der Waals surface area contributed by atoms with Crippen molar-refractivity contribution >= 4 is 11.0 Å². The molecule has 17 heavy (non-hydrogen) atoms. The zero-order valence-electron chi connectivity index (χ0n) is 10.1. The molecule has 0 aliphatic rings. The van der Waals surface area contributed by atoms with Gasteiger partial charge in [0, 0.05) is 0 Å². The Kier molecular flexibility index (Phi) is 3.47. The van der Waals surface area contributed by atoms with Crippen LogP contribution in [0.5, 0.6) is 5.75 Å². The molecule has 90 valence electrons. The Morgan fingerprint density at radius 1 is 1.29 bits per heavy atom. The van der Waals surface area contributed by atoms with Crippen LogP contribution in [-0.2, 0) is 0 Å². The van der Waals surface area contributed by atoms with E-state index in [0.29, 0.717) is 23.9 Å². The molecule has 2 aromatic rings. The fourth-order valence-corrected chi connectivity index (χ4v) is 1.61. The van der Waals surface area contributed by atoms with Crippen LogP contribution in [0.2, 0.25) is 0 Å². The molecule has 0 radical (unpaired) electrons. The first-order chi connectivity index (χ1) is 8.16. The van der Waals surface area contributed by atoms with Gasteiger partial charge < -0.3 is 9.15 Å². The van der Waals surface area contributed by atoms with Gasteiger partial charge in [0.1, 0.15) is 11.3 Å². The molecule has 0 spiro atoms. The quantitative estimate of drug-likeness (QED) is 0.760. The van der Waals surface area contributed by atoms with E-state index in [2.05, 4.69) is 13.8 Å². The summed E-state index contributed by atoms with van der Waals surface area (Å²) in [5.74, 6) is 1.19. The van der Waals surface area contributed by atoms with E-state index in [-0.39, 0.29) is 5.63 Å². The van der Waals surface area contributed by atoms with Gasteiger partial charge in [-0.05, 0) is 24.5 Å². The molecule has 1 aromatic heterocycles. The number of hydrogen-bond donors (Lipinski definition) is 0. The van der Waals surface area contributed by atoms with E-state index in [1.807, 2.05) is 18.2 Å². The van der Waals surface area contributed by atoms with Crippen molar-refractivity contribution in [1.29, 1.82) is 0 Å². The van der Waals surface area contributed by atoms with Crippen LogP contribution in [0.4, 0.5) is 0 Å². The van der Waals surface area contributed by atoms with E-state index in [0.717, 1.165) is 11.8 Å². The van der Waals surface area contributed by atoms with Crippen LogP contribution in [0.1, 0.15) is 20.3 Å². The summed E-state index contributed by atoms with van der Waals surface area (Å²) >= 11 is 0. The Hall–Kier alpha value is -1.77. The van der Waals surface area contributed by atoms with Gasteiger partial charge in [-0.3, -0.25) is 0 Å². The second-order valence-electron chi connectivity index (χ2n) is 4.46. The predicted molar refractivity (Wildman–Crippen MR) is 67.4 cm³/mol. The summed E-state index contributed by atoms with van der Waals surface area (Å²) in [6.45, 7) is 4.90. The predicted octanol–water partition coefficient (Wildman–Crippen LogP) is 3.22. The highest BCUT2D eigenvalue weighted by Gasteiger charge is 2.06. The van der Waals surface area contributed by atoms with Gasteiger partial charge in [-0.25, -0.2) is 4.79 Å². The summed E-state index contributed by atoms with van der Waals surface area (Å²) < 4.78 is 10.7. The zero-order valence-corrected chi connectivity index (χ0v) is 10.1. The molecule has 1 heterocycles. The van der Waals surface area contributed by atoms with Crippen molar-refractivity contribution in [2.75, 3.05) is 6.61 Å². The number of ether oxygens (including phenoxy) is 1. The Balaban J connectivity index is 2.29. The summed E-state index contributed by atoms with van der Waals surface area (Å²) in [5, 5.41) is 0.843. The number of benzene rings is 1. The van der Waals surface area contributed by atoms with Crippen molar-refractivity contribution in [3.63, 3.8) is 0 Å². The third kappa shape index (κ3) is 2.87. The van der Waals surface area contributed by atoms with Crippen molar-refractivity contribution in [3.05, 3.63) is 40.8 Å². The zero-order chi connectivity index (χ0) is 12.3. The molecule has 0 bridgehead atoms. The van der Waals surface area contributed by atoms with Crippen LogP contribution in [0.3, 0.4) is 0 Å². The van der Waals surface area contributed by atoms with Gasteiger partial charge in [-0.1, -0.05) is 26.0 Å². The second-order valence-corrected chi connectivity index (χ2v) is 4.46. The molecule has 0 fully saturated rings. The van der Waals surface area contributed by atoms with E-state index in [1.54, 1.807) is 6.07 Å². The molecule has 1 aromatic carbocycles. The molecule has 0 aliphatic heterocycles. The topological polar surface area (TPSA) is 39.4 Å². The van der Waals surface area contributed by atoms with Crippen molar-refractivity contribution in [2.45, 2.75) is 20.3 Å². The Bertz CT molecular complexity index is 555. The number of para-hydroxylation sites is 1. The molecule has 3 heteroatoms. The number of rotatable bonds is 4. The molecule has 0 aliphatic carbocycles. The van der Waals surface area contributed by atoms with Gasteiger partial charge in [-0.15, -0.1) is 0 Å². The highest BCUT2D eigenvalue weighted by atomic mass is 16.5. The fraction of sp³-hybridized carbons (Fsp3) is 0.357. The van der Waals surface area contributed by atoms with Gasteiger partial charge in [0.25, 0.3) is 0 Å². The largest absolute Gasteiger partial charge is 0.493 e. The van der Waals surface area contributed by atoms with Crippen molar-refractivity contribution in [1.82, 2.24) is 0 Å². The molecular formula is C14H16O3. The van der Waals surface area contributed by atoms with Crippen LogP contribution in [0.25, 0.3) is 11.0 Å². The lowest BCUT2D eigenvalue weighted by Crippen LogP contribution is -2.05. The van der Waals surface area contributed by atoms with Crippen LogP contribution in [-0.4, -0.2) is 6.61 Å². The first-order valence-corrected chi connectivity index (χ1v) is 5.82. The van der Waals surface area contributed by atoms with Gasteiger partial charge in [0.15, 0.2) is 0 Å². The molecule has 0 saturated heterocycles. The standard InChI is InChI=1S/C14H16O3/c1-10(2)7-8-16-13-9-14(15)17-12-6-4-3-5-11(12)13/h3-6,9-10H,7-8H2,1-2H3. The monoisotopic (exact) mass is 232 g/mol. The van der Waals surface area contributed by atoms with E-state index < -0.39 is 0 Å². The van der Waals surface area contributed by atoms with Crippen LogP contribution >= 0.6 is 0 Å². The van der Waals surface area contributed by atoms with Gasteiger partial charge in [0.05, 0.1) is 18.1 Å². The van der Waals surface area contributed by atoms with Gasteiger partial charge in [-0.2, -0.15) is 0 Å². The Morgan fingerprint density at radius 2 is 2.06 bits per heavy atom. The van der Waals surface area contributed by atoms with Crippen LogP contribution in [0.15, 0.2) is 39.5 Å². The maximum atomic E-state index is 11.4.